The number of nitrogens with zero attached hydrogens (tertiary/aromatic N) is 1. The predicted octanol–water partition coefficient (Wildman–Crippen LogP) is 1.96. The molecule has 0 aromatic rings. The summed E-state index contributed by atoms with van der Waals surface area (Å²) in [6, 6.07) is 0. The third kappa shape index (κ3) is 5.89. The lowest BCUT2D eigenvalue weighted by atomic mass is 10.1. The second-order valence-electron chi connectivity index (χ2n) is 3.00. The van der Waals surface area contributed by atoms with Gasteiger partial charge in [-0.3, -0.25) is 10.1 Å². The Kier molecular flexibility index (Phi) is 5.90. The maximum absolute atomic E-state index is 10.9. The van der Waals surface area contributed by atoms with Gasteiger partial charge in [-0.25, -0.2) is 0 Å². The first-order chi connectivity index (χ1) is 5.20. The van der Waals surface area contributed by atoms with Gasteiger partial charge in [0, 0.05) is 13.0 Å². The van der Waals surface area contributed by atoms with E-state index in [-0.39, 0.29) is 5.91 Å². The third-order valence-electron chi connectivity index (χ3n) is 1.74. The van der Waals surface area contributed by atoms with Gasteiger partial charge < -0.3 is 0 Å². The van der Waals surface area contributed by atoms with Gasteiger partial charge in [-0.05, 0) is 12.3 Å². The second-order valence-corrected chi connectivity index (χ2v) is 3.00. The molecule has 0 rings (SSSR count). The SMILES string of the molecule is CCCC(=O)[N]CC(C)CC. The van der Waals surface area contributed by atoms with Gasteiger partial charge in [0.05, 0.1) is 0 Å². The highest BCUT2D eigenvalue weighted by Crippen LogP contribution is 1.98. The Morgan fingerprint density at radius 3 is 2.55 bits per heavy atom. The van der Waals surface area contributed by atoms with E-state index < -0.39 is 0 Å². The lowest BCUT2D eigenvalue weighted by Crippen LogP contribution is -2.20. The summed E-state index contributed by atoms with van der Waals surface area (Å²) in [5.74, 6) is 0.614. The molecule has 2 heteroatoms. The summed E-state index contributed by atoms with van der Waals surface area (Å²) in [5, 5.41) is 3.95. The van der Waals surface area contributed by atoms with Gasteiger partial charge in [-0.1, -0.05) is 27.2 Å². The van der Waals surface area contributed by atoms with Crippen molar-refractivity contribution < 1.29 is 4.79 Å². The van der Waals surface area contributed by atoms with Crippen LogP contribution in [-0.2, 0) is 4.79 Å². The Labute approximate surface area is 69.4 Å². The Morgan fingerprint density at radius 2 is 2.09 bits per heavy atom. The van der Waals surface area contributed by atoms with Gasteiger partial charge in [0.15, 0.2) is 0 Å². The van der Waals surface area contributed by atoms with E-state index in [0.29, 0.717) is 18.9 Å². The molecule has 1 amide bonds. The molecule has 0 heterocycles. The van der Waals surface area contributed by atoms with Crippen molar-refractivity contribution in [1.82, 2.24) is 5.32 Å². The highest BCUT2D eigenvalue weighted by Gasteiger charge is 2.03. The van der Waals surface area contributed by atoms with Crippen LogP contribution >= 0.6 is 0 Å². The summed E-state index contributed by atoms with van der Waals surface area (Å²) >= 11 is 0. The second kappa shape index (κ2) is 6.20. The van der Waals surface area contributed by atoms with Crippen LogP contribution < -0.4 is 5.32 Å². The van der Waals surface area contributed by atoms with Crippen molar-refractivity contribution in [2.45, 2.75) is 40.0 Å². The molecule has 65 valence electrons. The number of carbonyl (C=O) groups is 1. The normalized spacial score (nSPS) is 12.6. The lowest BCUT2D eigenvalue weighted by Gasteiger charge is -2.06. The molecule has 1 radical (unpaired) electrons. The summed E-state index contributed by atoms with van der Waals surface area (Å²) in [4.78, 5) is 10.9. The van der Waals surface area contributed by atoms with Gasteiger partial charge in [0.2, 0.25) is 5.91 Å². The van der Waals surface area contributed by atoms with Crippen LogP contribution in [0.15, 0.2) is 0 Å². The van der Waals surface area contributed by atoms with E-state index in [4.69, 9.17) is 0 Å². The summed E-state index contributed by atoms with van der Waals surface area (Å²) in [5.41, 5.74) is 0. The first kappa shape index (κ1) is 10.5. The van der Waals surface area contributed by atoms with Crippen LogP contribution in [0.1, 0.15) is 40.0 Å². The monoisotopic (exact) mass is 156 g/mol. The van der Waals surface area contributed by atoms with Crippen molar-refractivity contribution in [1.29, 1.82) is 0 Å². The summed E-state index contributed by atoms with van der Waals surface area (Å²) < 4.78 is 0. The molecule has 0 aliphatic rings. The van der Waals surface area contributed by atoms with Crippen LogP contribution in [0, 0.1) is 5.92 Å². The van der Waals surface area contributed by atoms with E-state index >= 15 is 0 Å². The van der Waals surface area contributed by atoms with Crippen molar-refractivity contribution >= 4 is 5.91 Å². The Bertz CT molecular complexity index is 112. The minimum Gasteiger partial charge on any atom is -0.273 e. The summed E-state index contributed by atoms with van der Waals surface area (Å²) in [6.07, 6.45) is 2.61. The third-order valence-corrected chi connectivity index (χ3v) is 1.74. The highest BCUT2D eigenvalue weighted by atomic mass is 16.1. The van der Waals surface area contributed by atoms with Crippen molar-refractivity contribution in [3.63, 3.8) is 0 Å². The molecular formula is C9H18NO. The Hall–Kier alpha value is -0.530. The fraction of sp³-hybridized carbons (Fsp3) is 0.889. The largest absolute Gasteiger partial charge is 0.273 e. The topological polar surface area (TPSA) is 31.2 Å². The van der Waals surface area contributed by atoms with Crippen LogP contribution in [0.4, 0.5) is 0 Å². The van der Waals surface area contributed by atoms with Crippen LogP contribution in [0.25, 0.3) is 0 Å². The molecule has 2 nitrogen and oxygen atoms in total. The van der Waals surface area contributed by atoms with E-state index in [1.54, 1.807) is 0 Å². The Balaban J connectivity index is 3.30. The summed E-state index contributed by atoms with van der Waals surface area (Å²) in [6.45, 7) is 6.93. The summed E-state index contributed by atoms with van der Waals surface area (Å²) in [7, 11) is 0. The Morgan fingerprint density at radius 1 is 1.45 bits per heavy atom. The zero-order valence-electron chi connectivity index (χ0n) is 7.76. The van der Waals surface area contributed by atoms with E-state index in [1.807, 2.05) is 6.92 Å². The van der Waals surface area contributed by atoms with E-state index in [0.717, 1.165) is 12.8 Å². The average molecular weight is 156 g/mol. The smallest absolute Gasteiger partial charge is 0.241 e. The van der Waals surface area contributed by atoms with Crippen molar-refractivity contribution in [3.05, 3.63) is 0 Å². The zero-order valence-corrected chi connectivity index (χ0v) is 7.76. The van der Waals surface area contributed by atoms with E-state index in [9.17, 15) is 4.79 Å². The van der Waals surface area contributed by atoms with Crippen LogP contribution in [0.3, 0.4) is 0 Å². The highest BCUT2D eigenvalue weighted by molar-refractivity contribution is 5.75. The number of hydrogen-bond acceptors (Lipinski definition) is 1. The molecule has 0 aromatic carbocycles. The molecule has 0 aromatic heterocycles. The van der Waals surface area contributed by atoms with Gasteiger partial charge in [-0.15, -0.1) is 0 Å². The quantitative estimate of drug-likeness (QED) is 0.598. The average Bonchev–Trinajstić information content (AvgIpc) is 2.01. The lowest BCUT2D eigenvalue weighted by molar-refractivity contribution is -0.121. The standard InChI is InChI=1S/C9H18NO/c1-4-6-9(11)10-7-8(3)5-2/h8H,4-7H2,1-3H3. The molecule has 0 saturated heterocycles. The first-order valence-corrected chi connectivity index (χ1v) is 4.41. The first-order valence-electron chi connectivity index (χ1n) is 4.41. The molecule has 1 unspecified atom stereocenters. The number of carbonyl (C=O) groups excluding carboxylic acids is 1. The van der Waals surface area contributed by atoms with E-state index in [1.165, 1.54) is 0 Å². The zero-order chi connectivity index (χ0) is 8.69. The van der Waals surface area contributed by atoms with Gasteiger partial charge in [-0.2, -0.15) is 0 Å². The fourth-order valence-corrected chi connectivity index (χ4v) is 0.680. The maximum atomic E-state index is 10.9. The van der Waals surface area contributed by atoms with Gasteiger partial charge in [0.1, 0.15) is 0 Å². The predicted molar refractivity (Wildman–Crippen MR) is 46.4 cm³/mol. The maximum Gasteiger partial charge on any atom is 0.241 e. The molecule has 0 aliphatic carbocycles. The molecule has 0 bridgehead atoms. The molecule has 0 saturated carbocycles. The minimum atomic E-state index is 0.0628. The van der Waals surface area contributed by atoms with Crippen molar-refractivity contribution in [2.24, 2.45) is 5.92 Å². The molecule has 0 aliphatic heterocycles. The molecule has 0 fully saturated rings. The van der Waals surface area contributed by atoms with Crippen LogP contribution in [0.2, 0.25) is 0 Å². The number of rotatable bonds is 5. The van der Waals surface area contributed by atoms with Gasteiger partial charge >= 0.3 is 0 Å². The molecule has 0 N–H and O–H groups in total. The van der Waals surface area contributed by atoms with Crippen molar-refractivity contribution in [2.75, 3.05) is 6.54 Å². The number of amides is 1. The minimum absolute atomic E-state index is 0.0628. The number of hydrogen-bond donors (Lipinski definition) is 0. The van der Waals surface area contributed by atoms with E-state index in [2.05, 4.69) is 19.2 Å². The van der Waals surface area contributed by atoms with Crippen LogP contribution in [0.5, 0.6) is 0 Å². The molecule has 11 heavy (non-hydrogen) atoms. The molecule has 0 spiro atoms. The van der Waals surface area contributed by atoms with Gasteiger partial charge in [0.25, 0.3) is 0 Å². The molecular weight excluding hydrogens is 138 g/mol. The fourth-order valence-electron chi connectivity index (χ4n) is 0.680. The van der Waals surface area contributed by atoms with Crippen molar-refractivity contribution in [3.8, 4) is 0 Å². The molecule has 1 atom stereocenters. The van der Waals surface area contributed by atoms with Crippen LogP contribution in [-0.4, -0.2) is 12.5 Å².